The van der Waals surface area contributed by atoms with Crippen molar-refractivity contribution < 1.29 is 17.6 Å². The SMILES string of the molecule is Cc1cnc(C(NC(=O)c2cccc(S(=O)(=O)Nc3ccc(F)cc3)c2)C2CC2)s1. The minimum Gasteiger partial charge on any atom is -0.343 e. The van der Waals surface area contributed by atoms with E-state index < -0.39 is 15.8 Å². The third-order valence-corrected chi connectivity index (χ3v) is 7.16. The van der Waals surface area contributed by atoms with E-state index in [1.54, 1.807) is 23.6 Å². The van der Waals surface area contributed by atoms with Crippen molar-refractivity contribution in [2.75, 3.05) is 4.72 Å². The molecule has 6 nitrogen and oxygen atoms in total. The molecule has 2 N–H and O–H groups in total. The van der Waals surface area contributed by atoms with E-state index in [1.807, 2.05) is 6.92 Å². The number of thiazole rings is 1. The number of amides is 1. The second-order valence-corrected chi connectivity index (χ2v) is 10.2. The zero-order valence-corrected chi connectivity index (χ0v) is 17.8. The first-order valence-electron chi connectivity index (χ1n) is 9.43. The number of nitrogens with zero attached hydrogens (tertiary/aromatic N) is 1. The zero-order chi connectivity index (χ0) is 21.3. The van der Waals surface area contributed by atoms with E-state index in [1.165, 1.54) is 42.5 Å². The third-order valence-electron chi connectivity index (χ3n) is 4.79. The molecule has 0 aliphatic heterocycles. The summed E-state index contributed by atoms with van der Waals surface area (Å²) in [7, 11) is -3.93. The van der Waals surface area contributed by atoms with Gasteiger partial charge in [0.15, 0.2) is 0 Å². The van der Waals surface area contributed by atoms with Crippen molar-refractivity contribution in [2.45, 2.75) is 30.7 Å². The first-order valence-corrected chi connectivity index (χ1v) is 11.7. The van der Waals surface area contributed by atoms with Gasteiger partial charge in [-0.3, -0.25) is 9.52 Å². The number of carbonyl (C=O) groups excluding carboxylic acids is 1. The zero-order valence-electron chi connectivity index (χ0n) is 16.1. The number of aromatic nitrogens is 1. The number of rotatable bonds is 7. The number of hydrogen-bond donors (Lipinski definition) is 2. The van der Waals surface area contributed by atoms with Crippen LogP contribution >= 0.6 is 11.3 Å². The average Bonchev–Trinajstić information content (AvgIpc) is 3.48. The fraction of sp³-hybridized carbons (Fsp3) is 0.238. The summed E-state index contributed by atoms with van der Waals surface area (Å²) >= 11 is 1.55. The molecule has 1 aliphatic rings. The fourth-order valence-corrected chi connectivity index (χ4v) is 5.11. The Morgan fingerprint density at radius 3 is 2.57 bits per heavy atom. The Morgan fingerprint density at radius 1 is 1.20 bits per heavy atom. The van der Waals surface area contributed by atoms with Gasteiger partial charge in [0.1, 0.15) is 10.8 Å². The molecule has 0 radical (unpaired) electrons. The summed E-state index contributed by atoms with van der Waals surface area (Å²) in [5, 5.41) is 3.88. The molecule has 1 aromatic heterocycles. The van der Waals surface area contributed by atoms with Crippen LogP contribution in [0.3, 0.4) is 0 Å². The number of hydrogen-bond acceptors (Lipinski definition) is 5. The number of anilines is 1. The van der Waals surface area contributed by atoms with Crippen molar-refractivity contribution in [3.05, 3.63) is 76.0 Å². The van der Waals surface area contributed by atoms with Crippen LogP contribution in [-0.2, 0) is 10.0 Å². The van der Waals surface area contributed by atoms with Crippen molar-refractivity contribution in [1.29, 1.82) is 0 Å². The van der Waals surface area contributed by atoms with Crippen molar-refractivity contribution in [3.8, 4) is 0 Å². The van der Waals surface area contributed by atoms with Gasteiger partial charge in [0.25, 0.3) is 15.9 Å². The Hall–Kier alpha value is -2.78. The molecule has 0 spiro atoms. The molecular weight excluding hydrogens is 425 g/mol. The van der Waals surface area contributed by atoms with Crippen LogP contribution in [-0.4, -0.2) is 19.3 Å². The molecule has 1 amide bonds. The van der Waals surface area contributed by atoms with Gasteiger partial charge in [-0.15, -0.1) is 11.3 Å². The molecule has 1 fully saturated rings. The average molecular weight is 446 g/mol. The highest BCUT2D eigenvalue weighted by molar-refractivity contribution is 7.92. The summed E-state index contributed by atoms with van der Waals surface area (Å²) in [6.45, 7) is 1.97. The largest absolute Gasteiger partial charge is 0.343 e. The van der Waals surface area contributed by atoms with Crippen LogP contribution in [0.4, 0.5) is 10.1 Å². The van der Waals surface area contributed by atoms with Gasteiger partial charge in [-0.2, -0.15) is 0 Å². The molecule has 1 atom stereocenters. The molecule has 156 valence electrons. The Balaban J connectivity index is 1.53. The highest BCUT2D eigenvalue weighted by atomic mass is 32.2. The van der Waals surface area contributed by atoms with Crippen LogP contribution < -0.4 is 10.0 Å². The normalized spacial score (nSPS) is 14.9. The number of nitrogens with one attached hydrogen (secondary N) is 2. The number of aryl methyl sites for hydroxylation is 1. The predicted molar refractivity (Wildman–Crippen MR) is 113 cm³/mol. The van der Waals surface area contributed by atoms with Gasteiger partial charge in [0.05, 0.1) is 10.9 Å². The third kappa shape index (κ3) is 4.68. The number of benzene rings is 2. The Labute approximate surface area is 178 Å². The van der Waals surface area contributed by atoms with Crippen LogP contribution in [0.1, 0.15) is 39.1 Å². The summed E-state index contributed by atoms with van der Waals surface area (Å²) in [6, 6.07) is 10.7. The van der Waals surface area contributed by atoms with E-state index in [0.29, 0.717) is 5.92 Å². The smallest absolute Gasteiger partial charge is 0.261 e. The molecule has 3 aromatic rings. The quantitative estimate of drug-likeness (QED) is 0.568. The Morgan fingerprint density at radius 2 is 1.93 bits per heavy atom. The topological polar surface area (TPSA) is 88.2 Å². The van der Waals surface area contributed by atoms with E-state index in [0.717, 1.165) is 22.7 Å². The minimum absolute atomic E-state index is 0.0486. The van der Waals surface area contributed by atoms with Crippen LogP contribution in [0.15, 0.2) is 59.6 Å². The van der Waals surface area contributed by atoms with E-state index in [4.69, 9.17) is 0 Å². The van der Waals surface area contributed by atoms with Gasteiger partial charge in [-0.05, 0) is 68.1 Å². The number of carbonyl (C=O) groups is 1. The highest BCUT2D eigenvalue weighted by Gasteiger charge is 2.35. The second kappa shape index (κ2) is 8.16. The predicted octanol–water partition coefficient (Wildman–Crippen LogP) is 4.27. The van der Waals surface area contributed by atoms with Crippen molar-refractivity contribution in [2.24, 2.45) is 5.92 Å². The van der Waals surface area contributed by atoms with Crippen molar-refractivity contribution >= 4 is 33.0 Å². The fourth-order valence-electron chi connectivity index (χ4n) is 3.09. The van der Waals surface area contributed by atoms with Gasteiger partial charge in [0.2, 0.25) is 0 Å². The lowest BCUT2D eigenvalue weighted by molar-refractivity contribution is 0.0931. The first-order chi connectivity index (χ1) is 14.3. The lowest BCUT2D eigenvalue weighted by Gasteiger charge is -2.16. The van der Waals surface area contributed by atoms with Gasteiger partial charge >= 0.3 is 0 Å². The maximum absolute atomic E-state index is 13.0. The van der Waals surface area contributed by atoms with Gasteiger partial charge in [0, 0.05) is 22.3 Å². The molecule has 2 aromatic carbocycles. The summed E-state index contributed by atoms with van der Waals surface area (Å²) in [4.78, 5) is 18.3. The maximum Gasteiger partial charge on any atom is 0.261 e. The highest BCUT2D eigenvalue weighted by Crippen LogP contribution is 2.42. The summed E-state index contributed by atoms with van der Waals surface area (Å²) in [5.74, 6) is -0.456. The van der Waals surface area contributed by atoms with E-state index >= 15 is 0 Å². The second-order valence-electron chi connectivity index (χ2n) is 7.24. The molecule has 1 heterocycles. The Bertz CT molecular complexity index is 1170. The molecule has 9 heteroatoms. The first kappa shape index (κ1) is 20.5. The summed E-state index contributed by atoms with van der Waals surface area (Å²) < 4.78 is 40.8. The van der Waals surface area contributed by atoms with Crippen LogP contribution in [0.25, 0.3) is 0 Å². The number of sulfonamides is 1. The molecule has 30 heavy (non-hydrogen) atoms. The number of halogens is 1. The molecular formula is C21H20FN3O3S2. The van der Waals surface area contributed by atoms with E-state index in [-0.39, 0.29) is 28.1 Å². The molecule has 1 aliphatic carbocycles. The van der Waals surface area contributed by atoms with Gasteiger partial charge in [-0.1, -0.05) is 6.07 Å². The van der Waals surface area contributed by atoms with Gasteiger partial charge in [-0.25, -0.2) is 17.8 Å². The molecule has 4 rings (SSSR count). The maximum atomic E-state index is 13.0. The molecule has 0 bridgehead atoms. The van der Waals surface area contributed by atoms with Gasteiger partial charge < -0.3 is 5.32 Å². The van der Waals surface area contributed by atoms with Crippen LogP contribution in [0.5, 0.6) is 0 Å². The van der Waals surface area contributed by atoms with E-state index in [2.05, 4.69) is 15.0 Å². The molecule has 1 saturated carbocycles. The monoisotopic (exact) mass is 445 g/mol. The summed E-state index contributed by atoms with van der Waals surface area (Å²) in [5.41, 5.74) is 0.482. The lowest BCUT2D eigenvalue weighted by Crippen LogP contribution is -2.30. The van der Waals surface area contributed by atoms with E-state index in [9.17, 15) is 17.6 Å². The standard InChI is InChI=1S/C21H20FN3O3S2/c1-13-12-23-21(29-13)19(14-5-6-14)24-20(26)15-3-2-4-18(11-15)30(27,28)25-17-9-7-16(22)8-10-17/h2-4,7-12,14,19,25H,5-6H2,1H3,(H,24,26). The Kier molecular flexibility index (Phi) is 5.57. The molecule has 0 saturated heterocycles. The van der Waals surface area contributed by atoms with Crippen LogP contribution in [0, 0.1) is 18.7 Å². The van der Waals surface area contributed by atoms with Crippen molar-refractivity contribution in [1.82, 2.24) is 10.3 Å². The van der Waals surface area contributed by atoms with Crippen LogP contribution in [0.2, 0.25) is 0 Å². The summed E-state index contributed by atoms with van der Waals surface area (Å²) in [6.07, 6.45) is 3.84. The van der Waals surface area contributed by atoms with Crippen molar-refractivity contribution in [3.63, 3.8) is 0 Å². The minimum atomic E-state index is -3.93. The molecule has 1 unspecified atom stereocenters. The lowest BCUT2D eigenvalue weighted by atomic mass is 10.1.